The predicted molar refractivity (Wildman–Crippen MR) is 56.0 cm³/mol. The third-order valence-electron chi connectivity index (χ3n) is 3.57. The van der Waals surface area contributed by atoms with Gasteiger partial charge in [-0.05, 0) is 32.2 Å². The summed E-state index contributed by atoms with van der Waals surface area (Å²) in [5.74, 6) is 0.727. The molecular weight excluding hydrogens is 176 g/mol. The van der Waals surface area contributed by atoms with E-state index in [0.717, 1.165) is 32.4 Å². The van der Waals surface area contributed by atoms with Gasteiger partial charge >= 0.3 is 0 Å². The average molecular weight is 196 g/mol. The van der Waals surface area contributed by atoms with Gasteiger partial charge in [0.15, 0.2) is 0 Å². The number of carbonyl (C=O) groups excluding carboxylic acids is 1. The maximum atomic E-state index is 11.7. The lowest BCUT2D eigenvalue weighted by atomic mass is 9.84. The smallest absolute Gasteiger partial charge is 0.225 e. The Labute approximate surface area is 85.8 Å². The van der Waals surface area contributed by atoms with Crippen LogP contribution in [0.4, 0.5) is 0 Å². The number of rotatable bonds is 4. The highest BCUT2D eigenvalue weighted by atomic mass is 16.2. The third-order valence-corrected chi connectivity index (χ3v) is 3.57. The minimum atomic E-state index is 0.356. The Balaban J connectivity index is 1.65. The second kappa shape index (κ2) is 4.30. The van der Waals surface area contributed by atoms with Crippen LogP contribution in [0.1, 0.15) is 32.1 Å². The molecule has 80 valence electrons. The molecule has 1 saturated carbocycles. The molecule has 3 nitrogen and oxygen atoms in total. The van der Waals surface area contributed by atoms with Gasteiger partial charge in [0.1, 0.15) is 0 Å². The van der Waals surface area contributed by atoms with Crippen molar-refractivity contribution in [1.29, 1.82) is 0 Å². The van der Waals surface area contributed by atoms with Crippen molar-refractivity contribution in [2.75, 3.05) is 20.1 Å². The summed E-state index contributed by atoms with van der Waals surface area (Å²) in [5.41, 5.74) is 0. The third kappa shape index (κ3) is 2.08. The summed E-state index contributed by atoms with van der Waals surface area (Å²) >= 11 is 0. The largest absolute Gasteiger partial charge is 0.345 e. The topological polar surface area (TPSA) is 32.3 Å². The van der Waals surface area contributed by atoms with E-state index >= 15 is 0 Å². The SMILES string of the molecule is CN(CCC1CCN1)C(=O)C1CCC1. The molecule has 0 radical (unpaired) electrons. The lowest BCUT2D eigenvalue weighted by Crippen LogP contribution is -2.46. The second-order valence-electron chi connectivity index (χ2n) is 4.62. The molecule has 1 heterocycles. The van der Waals surface area contributed by atoms with Gasteiger partial charge in [-0.3, -0.25) is 4.79 Å². The van der Waals surface area contributed by atoms with Gasteiger partial charge in [-0.2, -0.15) is 0 Å². The summed E-state index contributed by atoms with van der Waals surface area (Å²) < 4.78 is 0. The van der Waals surface area contributed by atoms with E-state index in [1.54, 1.807) is 0 Å². The van der Waals surface area contributed by atoms with Crippen molar-refractivity contribution in [1.82, 2.24) is 10.2 Å². The van der Waals surface area contributed by atoms with Crippen molar-refractivity contribution < 1.29 is 4.79 Å². The number of nitrogens with zero attached hydrogens (tertiary/aromatic N) is 1. The van der Waals surface area contributed by atoms with Gasteiger partial charge in [0, 0.05) is 25.6 Å². The van der Waals surface area contributed by atoms with Crippen LogP contribution in [0.3, 0.4) is 0 Å². The highest BCUT2D eigenvalue weighted by Crippen LogP contribution is 2.27. The first-order valence-electron chi connectivity index (χ1n) is 5.76. The fourth-order valence-electron chi connectivity index (χ4n) is 2.02. The molecule has 0 aromatic rings. The van der Waals surface area contributed by atoms with Gasteiger partial charge in [0.2, 0.25) is 5.91 Å². The molecule has 1 saturated heterocycles. The number of carbonyl (C=O) groups is 1. The molecule has 1 amide bonds. The predicted octanol–water partition coefficient (Wildman–Crippen LogP) is 0.997. The van der Waals surface area contributed by atoms with Crippen LogP contribution in [0.5, 0.6) is 0 Å². The van der Waals surface area contributed by atoms with Crippen LogP contribution < -0.4 is 5.32 Å². The van der Waals surface area contributed by atoms with Crippen molar-refractivity contribution in [3.8, 4) is 0 Å². The van der Waals surface area contributed by atoms with Gasteiger partial charge in [-0.1, -0.05) is 6.42 Å². The standard InChI is InChI=1S/C11H20N2O/c1-13(8-6-10-5-7-12-10)11(14)9-3-2-4-9/h9-10,12H,2-8H2,1H3. The van der Waals surface area contributed by atoms with Crippen LogP contribution in [0.15, 0.2) is 0 Å². The normalized spacial score (nSPS) is 26.5. The van der Waals surface area contributed by atoms with E-state index in [1.165, 1.54) is 12.8 Å². The molecule has 1 N–H and O–H groups in total. The maximum Gasteiger partial charge on any atom is 0.225 e. The number of amides is 1. The zero-order valence-corrected chi connectivity index (χ0v) is 8.96. The van der Waals surface area contributed by atoms with E-state index in [1.807, 2.05) is 11.9 Å². The van der Waals surface area contributed by atoms with Gasteiger partial charge < -0.3 is 10.2 Å². The molecule has 2 aliphatic rings. The molecule has 0 aromatic carbocycles. The molecule has 3 heteroatoms. The van der Waals surface area contributed by atoms with Crippen LogP contribution in [0.25, 0.3) is 0 Å². The number of hydrogen-bond donors (Lipinski definition) is 1. The molecular formula is C11H20N2O. The molecule has 1 aliphatic carbocycles. The molecule has 1 aliphatic heterocycles. The average Bonchev–Trinajstić information content (AvgIpc) is 1.97. The van der Waals surface area contributed by atoms with E-state index in [9.17, 15) is 4.79 Å². The highest BCUT2D eigenvalue weighted by molar-refractivity contribution is 5.79. The summed E-state index contributed by atoms with van der Waals surface area (Å²) in [5, 5.41) is 3.36. The first kappa shape index (κ1) is 9.97. The van der Waals surface area contributed by atoms with Crippen LogP contribution in [0.2, 0.25) is 0 Å². The molecule has 2 fully saturated rings. The van der Waals surface area contributed by atoms with Gasteiger partial charge in [-0.25, -0.2) is 0 Å². The van der Waals surface area contributed by atoms with E-state index in [0.29, 0.717) is 17.9 Å². The fourth-order valence-corrected chi connectivity index (χ4v) is 2.02. The molecule has 0 aromatic heterocycles. The van der Waals surface area contributed by atoms with Crippen molar-refractivity contribution in [2.45, 2.75) is 38.1 Å². The highest BCUT2D eigenvalue weighted by Gasteiger charge is 2.28. The van der Waals surface area contributed by atoms with Crippen molar-refractivity contribution in [3.05, 3.63) is 0 Å². The number of nitrogens with one attached hydrogen (secondary N) is 1. The lowest BCUT2D eigenvalue weighted by Gasteiger charge is -2.32. The summed E-state index contributed by atoms with van der Waals surface area (Å²) in [6.45, 7) is 2.08. The summed E-state index contributed by atoms with van der Waals surface area (Å²) in [7, 11) is 1.94. The second-order valence-corrected chi connectivity index (χ2v) is 4.62. The zero-order valence-electron chi connectivity index (χ0n) is 8.96. The minimum absolute atomic E-state index is 0.356. The molecule has 0 bridgehead atoms. The minimum Gasteiger partial charge on any atom is -0.345 e. The van der Waals surface area contributed by atoms with Gasteiger partial charge in [-0.15, -0.1) is 0 Å². The quantitative estimate of drug-likeness (QED) is 0.727. The van der Waals surface area contributed by atoms with Gasteiger partial charge in [0.25, 0.3) is 0 Å². The number of hydrogen-bond acceptors (Lipinski definition) is 2. The van der Waals surface area contributed by atoms with Crippen molar-refractivity contribution >= 4 is 5.91 Å². The fraction of sp³-hybridized carbons (Fsp3) is 0.909. The van der Waals surface area contributed by atoms with E-state index in [-0.39, 0.29) is 0 Å². The Kier molecular flexibility index (Phi) is 3.06. The summed E-state index contributed by atoms with van der Waals surface area (Å²) in [4.78, 5) is 13.7. The Morgan fingerprint density at radius 3 is 2.57 bits per heavy atom. The van der Waals surface area contributed by atoms with Crippen LogP contribution in [-0.2, 0) is 4.79 Å². The first-order valence-corrected chi connectivity index (χ1v) is 5.76. The Morgan fingerprint density at radius 2 is 2.14 bits per heavy atom. The van der Waals surface area contributed by atoms with E-state index in [4.69, 9.17) is 0 Å². The Hall–Kier alpha value is -0.570. The first-order chi connectivity index (χ1) is 6.77. The van der Waals surface area contributed by atoms with Crippen molar-refractivity contribution in [3.63, 3.8) is 0 Å². The Morgan fingerprint density at radius 1 is 1.43 bits per heavy atom. The lowest BCUT2D eigenvalue weighted by molar-refractivity contribution is -0.136. The molecule has 0 spiro atoms. The van der Waals surface area contributed by atoms with E-state index in [2.05, 4.69) is 5.32 Å². The van der Waals surface area contributed by atoms with Gasteiger partial charge in [0.05, 0.1) is 0 Å². The summed E-state index contributed by atoms with van der Waals surface area (Å²) in [6.07, 6.45) is 5.88. The molecule has 1 atom stereocenters. The Bertz CT molecular complexity index is 209. The van der Waals surface area contributed by atoms with Crippen LogP contribution in [0, 0.1) is 5.92 Å². The molecule has 14 heavy (non-hydrogen) atoms. The maximum absolute atomic E-state index is 11.7. The van der Waals surface area contributed by atoms with Crippen LogP contribution in [-0.4, -0.2) is 37.0 Å². The van der Waals surface area contributed by atoms with Crippen molar-refractivity contribution in [2.24, 2.45) is 5.92 Å². The zero-order chi connectivity index (χ0) is 9.97. The van der Waals surface area contributed by atoms with E-state index < -0.39 is 0 Å². The summed E-state index contributed by atoms with van der Waals surface area (Å²) in [6, 6.07) is 0.673. The molecule has 1 unspecified atom stereocenters. The monoisotopic (exact) mass is 196 g/mol. The molecule has 2 rings (SSSR count). The van der Waals surface area contributed by atoms with Crippen LogP contribution >= 0.6 is 0 Å².